The maximum Gasteiger partial charge on any atom is 0.332 e. The third-order valence-corrected chi connectivity index (χ3v) is 4.04. The monoisotopic (exact) mass is 301 g/mol. The lowest BCUT2D eigenvalue weighted by molar-refractivity contribution is -0.146. The number of aliphatic hydroxyl groups excluding tert-OH is 1. The Bertz CT molecular complexity index is 679. The number of fused-ring (bicyclic) bond motifs is 1. The molecule has 3 rings (SSSR count). The minimum Gasteiger partial charge on any atom is -0.479 e. The molecule has 0 aliphatic carbocycles. The number of rotatable bonds is 4. The molecule has 0 amide bonds. The van der Waals surface area contributed by atoms with Crippen LogP contribution in [0.1, 0.15) is 5.56 Å². The lowest BCUT2D eigenvalue weighted by Crippen LogP contribution is -2.36. The zero-order valence-corrected chi connectivity index (χ0v) is 12.2. The number of carboxylic acids is 1. The van der Waals surface area contributed by atoms with Gasteiger partial charge in [-0.1, -0.05) is 30.3 Å². The van der Waals surface area contributed by atoms with Crippen LogP contribution in [0.4, 0.5) is 5.69 Å². The molecule has 0 aromatic heterocycles. The van der Waals surface area contributed by atoms with Gasteiger partial charge in [-0.2, -0.15) is 0 Å². The Labute approximate surface area is 128 Å². The van der Waals surface area contributed by atoms with Crippen LogP contribution in [0.3, 0.4) is 0 Å². The predicted octanol–water partition coefficient (Wildman–Crippen LogP) is 1.66. The molecule has 0 saturated carbocycles. The molecule has 22 heavy (non-hydrogen) atoms. The second-order valence-electron chi connectivity index (χ2n) is 5.45. The molecule has 1 heterocycles. The van der Waals surface area contributed by atoms with Crippen molar-refractivity contribution in [2.75, 3.05) is 31.2 Å². The normalized spacial score (nSPS) is 16.7. The second kappa shape index (κ2) is 6.34. The van der Waals surface area contributed by atoms with Crippen molar-refractivity contribution in [2.24, 2.45) is 0 Å². The zero-order chi connectivity index (χ0) is 15.5. The molecule has 5 heteroatoms. The number of hydrogen-bond donors (Lipinski definition) is 2. The highest BCUT2D eigenvalue weighted by Gasteiger charge is 2.18. The van der Waals surface area contributed by atoms with E-state index in [1.807, 2.05) is 36.4 Å². The molecule has 0 bridgehead atoms. The lowest BCUT2D eigenvalue weighted by atomic mass is 9.98. The van der Waals surface area contributed by atoms with E-state index in [-0.39, 0.29) is 6.42 Å². The number of hydrogen-bond acceptors (Lipinski definition) is 4. The van der Waals surface area contributed by atoms with Gasteiger partial charge in [0.05, 0.1) is 13.2 Å². The largest absolute Gasteiger partial charge is 0.479 e. The van der Waals surface area contributed by atoms with Crippen LogP contribution in [0.25, 0.3) is 10.8 Å². The standard InChI is InChI=1S/C17H19NO4/c19-16(17(20)21)11-12-5-6-15(18-7-9-22-10-8-18)14-4-2-1-3-13(12)14/h1-6,16,19H,7-11H2,(H,20,21)/t16-/m1/s1. The van der Waals surface area contributed by atoms with Gasteiger partial charge in [0.2, 0.25) is 0 Å². The van der Waals surface area contributed by atoms with Crippen molar-refractivity contribution in [1.29, 1.82) is 0 Å². The van der Waals surface area contributed by atoms with Gasteiger partial charge in [0.25, 0.3) is 0 Å². The number of carbonyl (C=O) groups is 1. The molecule has 0 radical (unpaired) electrons. The zero-order valence-electron chi connectivity index (χ0n) is 12.2. The van der Waals surface area contributed by atoms with Gasteiger partial charge in [0, 0.05) is 30.6 Å². The quantitative estimate of drug-likeness (QED) is 0.899. The highest BCUT2D eigenvalue weighted by atomic mass is 16.5. The van der Waals surface area contributed by atoms with Crippen molar-refractivity contribution < 1.29 is 19.7 Å². The molecule has 1 aliphatic rings. The highest BCUT2D eigenvalue weighted by Crippen LogP contribution is 2.30. The van der Waals surface area contributed by atoms with Gasteiger partial charge in [0.1, 0.15) is 0 Å². The number of carboxylic acid groups (broad SMARTS) is 1. The van der Waals surface area contributed by atoms with E-state index in [1.165, 1.54) is 0 Å². The molecule has 2 N–H and O–H groups in total. The molecular formula is C17H19NO4. The van der Waals surface area contributed by atoms with Crippen LogP contribution in [0, 0.1) is 0 Å². The van der Waals surface area contributed by atoms with E-state index in [0.29, 0.717) is 13.2 Å². The number of aliphatic hydroxyl groups is 1. The molecule has 2 aromatic rings. The van der Waals surface area contributed by atoms with Crippen LogP contribution in [0.15, 0.2) is 36.4 Å². The Morgan fingerprint density at radius 3 is 2.50 bits per heavy atom. The first-order valence-corrected chi connectivity index (χ1v) is 7.41. The Morgan fingerprint density at radius 2 is 1.82 bits per heavy atom. The van der Waals surface area contributed by atoms with Crippen molar-refractivity contribution in [3.05, 3.63) is 42.0 Å². The van der Waals surface area contributed by atoms with Crippen LogP contribution in [-0.2, 0) is 16.0 Å². The fourth-order valence-corrected chi connectivity index (χ4v) is 2.90. The highest BCUT2D eigenvalue weighted by molar-refractivity contribution is 5.96. The minimum absolute atomic E-state index is 0.110. The Hall–Kier alpha value is -2.11. The summed E-state index contributed by atoms with van der Waals surface area (Å²) in [6.45, 7) is 3.13. The summed E-state index contributed by atoms with van der Waals surface area (Å²) >= 11 is 0. The predicted molar refractivity (Wildman–Crippen MR) is 84.3 cm³/mol. The molecule has 0 unspecified atom stereocenters. The molecule has 1 saturated heterocycles. The van der Waals surface area contributed by atoms with Crippen molar-refractivity contribution in [2.45, 2.75) is 12.5 Å². The van der Waals surface area contributed by atoms with E-state index in [9.17, 15) is 9.90 Å². The third-order valence-electron chi connectivity index (χ3n) is 4.04. The van der Waals surface area contributed by atoms with E-state index in [1.54, 1.807) is 0 Å². The van der Waals surface area contributed by atoms with Crippen LogP contribution < -0.4 is 4.90 Å². The Morgan fingerprint density at radius 1 is 1.14 bits per heavy atom. The SMILES string of the molecule is O=C(O)[C@H](O)Cc1ccc(N2CCOCC2)c2ccccc12. The van der Waals surface area contributed by atoms with Crippen molar-refractivity contribution >= 4 is 22.4 Å². The summed E-state index contributed by atoms with van der Waals surface area (Å²) in [6, 6.07) is 11.8. The summed E-state index contributed by atoms with van der Waals surface area (Å²) in [4.78, 5) is 13.2. The topological polar surface area (TPSA) is 70.0 Å². The molecule has 2 aromatic carbocycles. The third kappa shape index (κ3) is 2.91. The molecule has 5 nitrogen and oxygen atoms in total. The van der Waals surface area contributed by atoms with Crippen LogP contribution >= 0.6 is 0 Å². The van der Waals surface area contributed by atoms with Gasteiger partial charge >= 0.3 is 5.97 Å². The summed E-state index contributed by atoms with van der Waals surface area (Å²) in [7, 11) is 0. The van der Waals surface area contributed by atoms with Crippen LogP contribution in [0.5, 0.6) is 0 Å². The summed E-state index contributed by atoms with van der Waals surface area (Å²) < 4.78 is 5.40. The number of nitrogens with zero attached hydrogens (tertiary/aromatic N) is 1. The van der Waals surface area contributed by atoms with Gasteiger partial charge in [-0.3, -0.25) is 0 Å². The molecule has 1 atom stereocenters. The van der Waals surface area contributed by atoms with Gasteiger partial charge in [-0.15, -0.1) is 0 Å². The maximum absolute atomic E-state index is 10.9. The first-order chi connectivity index (χ1) is 10.7. The van der Waals surface area contributed by atoms with E-state index < -0.39 is 12.1 Å². The second-order valence-corrected chi connectivity index (χ2v) is 5.45. The average molecular weight is 301 g/mol. The first-order valence-electron chi connectivity index (χ1n) is 7.41. The smallest absolute Gasteiger partial charge is 0.332 e. The number of aliphatic carboxylic acids is 1. The van der Waals surface area contributed by atoms with Crippen molar-refractivity contribution in [3.8, 4) is 0 Å². The van der Waals surface area contributed by atoms with Crippen LogP contribution in [-0.4, -0.2) is 48.6 Å². The Balaban J connectivity index is 2.01. The van der Waals surface area contributed by atoms with E-state index in [2.05, 4.69) is 4.90 Å². The fourth-order valence-electron chi connectivity index (χ4n) is 2.90. The molecular weight excluding hydrogens is 282 g/mol. The number of ether oxygens (including phenoxy) is 1. The molecule has 1 fully saturated rings. The van der Waals surface area contributed by atoms with Crippen LogP contribution in [0.2, 0.25) is 0 Å². The number of anilines is 1. The minimum atomic E-state index is -1.38. The van der Waals surface area contributed by atoms with Gasteiger partial charge in [-0.05, 0) is 17.0 Å². The Kier molecular flexibility index (Phi) is 4.27. The number of morpholine rings is 1. The van der Waals surface area contributed by atoms with E-state index >= 15 is 0 Å². The summed E-state index contributed by atoms with van der Waals surface area (Å²) in [5.74, 6) is -1.19. The summed E-state index contributed by atoms with van der Waals surface area (Å²) in [5, 5.41) is 20.6. The summed E-state index contributed by atoms with van der Waals surface area (Å²) in [5.41, 5.74) is 1.98. The molecule has 116 valence electrons. The van der Waals surface area contributed by atoms with E-state index in [0.717, 1.165) is 35.1 Å². The first kappa shape index (κ1) is 14.8. The van der Waals surface area contributed by atoms with Gasteiger partial charge < -0.3 is 19.8 Å². The van der Waals surface area contributed by atoms with Crippen molar-refractivity contribution in [3.63, 3.8) is 0 Å². The van der Waals surface area contributed by atoms with Gasteiger partial charge in [0.15, 0.2) is 6.10 Å². The molecule has 1 aliphatic heterocycles. The summed E-state index contributed by atoms with van der Waals surface area (Å²) in [6.07, 6.45) is -1.27. The molecule has 0 spiro atoms. The maximum atomic E-state index is 10.9. The van der Waals surface area contributed by atoms with E-state index in [4.69, 9.17) is 9.84 Å². The number of benzene rings is 2. The van der Waals surface area contributed by atoms with Crippen molar-refractivity contribution in [1.82, 2.24) is 0 Å². The lowest BCUT2D eigenvalue weighted by Gasteiger charge is -2.30. The fraction of sp³-hybridized carbons (Fsp3) is 0.353. The van der Waals surface area contributed by atoms with Gasteiger partial charge in [-0.25, -0.2) is 4.79 Å². The average Bonchev–Trinajstić information content (AvgIpc) is 2.56.